The molecule has 25 heavy (non-hydrogen) atoms. The highest BCUT2D eigenvalue weighted by molar-refractivity contribution is 7.08. The van der Waals surface area contributed by atoms with E-state index in [2.05, 4.69) is 0 Å². The van der Waals surface area contributed by atoms with Crippen molar-refractivity contribution in [1.82, 2.24) is 0 Å². The van der Waals surface area contributed by atoms with Gasteiger partial charge in [0.2, 0.25) is 6.10 Å². The maximum absolute atomic E-state index is 13.1. The number of carboxylic acids is 1. The molecule has 1 unspecified atom stereocenters. The van der Waals surface area contributed by atoms with E-state index in [9.17, 15) is 18.0 Å². The third-order valence-corrected chi connectivity index (χ3v) is 4.69. The van der Waals surface area contributed by atoms with Crippen LogP contribution in [-0.2, 0) is 4.79 Å². The van der Waals surface area contributed by atoms with E-state index >= 15 is 0 Å². The second-order valence-corrected chi connectivity index (χ2v) is 6.51. The van der Waals surface area contributed by atoms with Crippen molar-refractivity contribution in [3.8, 4) is 17.2 Å². The number of thiophene rings is 1. The minimum absolute atomic E-state index is 0.0359. The highest BCUT2D eigenvalue weighted by Gasteiger charge is 2.48. The van der Waals surface area contributed by atoms with Crippen LogP contribution in [0.15, 0.2) is 28.5 Å². The molecular formula is C15H7Cl2F3O4S. The first kappa shape index (κ1) is 17.9. The van der Waals surface area contributed by atoms with Gasteiger partial charge in [-0.2, -0.15) is 13.2 Å². The van der Waals surface area contributed by atoms with Gasteiger partial charge in [0.05, 0.1) is 15.6 Å². The second-order valence-electron chi connectivity index (χ2n) is 4.95. The smallest absolute Gasteiger partial charge is 0.430 e. The maximum Gasteiger partial charge on any atom is 0.430 e. The first-order valence-electron chi connectivity index (χ1n) is 6.58. The molecule has 3 rings (SSSR count). The molecule has 1 aliphatic heterocycles. The monoisotopic (exact) mass is 410 g/mol. The molecule has 0 radical (unpaired) electrons. The van der Waals surface area contributed by atoms with Crippen molar-refractivity contribution < 1.29 is 32.5 Å². The van der Waals surface area contributed by atoms with Crippen LogP contribution >= 0.6 is 34.5 Å². The van der Waals surface area contributed by atoms with Crippen LogP contribution in [0.2, 0.25) is 10.0 Å². The van der Waals surface area contributed by atoms with Crippen molar-refractivity contribution in [2.75, 3.05) is 0 Å². The Balaban J connectivity index is 2.03. The average molecular weight is 411 g/mol. The van der Waals surface area contributed by atoms with Gasteiger partial charge in [0.15, 0.2) is 5.75 Å². The van der Waals surface area contributed by atoms with Crippen molar-refractivity contribution >= 4 is 46.6 Å². The van der Waals surface area contributed by atoms with E-state index in [1.165, 1.54) is 23.5 Å². The van der Waals surface area contributed by atoms with Gasteiger partial charge < -0.3 is 14.6 Å². The van der Waals surface area contributed by atoms with Gasteiger partial charge in [-0.05, 0) is 12.1 Å². The first-order valence-corrected chi connectivity index (χ1v) is 8.28. The number of hydrogen-bond donors (Lipinski definition) is 1. The van der Waals surface area contributed by atoms with Gasteiger partial charge in [-0.1, -0.05) is 23.2 Å². The van der Waals surface area contributed by atoms with Crippen molar-refractivity contribution in [2.45, 2.75) is 12.3 Å². The van der Waals surface area contributed by atoms with Crippen LogP contribution in [0.5, 0.6) is 17.2 Å². The molecule has 1 aromatic carbocycles. The van der Waals surface area contributed by atoms with E-state index in [4.69, 9.17) is 37.8 Å². The molecule has 2 aromatic rings. The number of benzene rings is 1. The number of ether oxygens (including phenoxy) is 2. The van der Waals surface area contributed by atoms with Crippen molar-refractivity contribution in [3.05, 3.63) is 44.1 Å². The lowest BCUT2D eigenvalue weighted by Crippen LogP contribution is -2.40. The largest absolute Gasteiger partial charge is 0.478 e. The number of rotatable bonds is 3. The summed E-state index contributed by atoms with van der Waals surface area (Å²) < 4.78 is 49.6. The number of aliphatic carboxylic acids is 1. The topological polar surface area (TPSA) is 55.8 Å². The molecule has 1 aliphatic rings. The van der Waals surface area contributed by atoms with Crippen LogP contribution in [0.25, 0.3) is 6.08 Å². The summed E-state index contributed by atoms with van der Waals surface area (Å²) in [5.74, 6) is -1.60. The number of fused-ring (bicyclic) bond motifs is 1. The molecular weight excluding hydrogens is 404 g/mol. The summed E-state index contributed by atoms with van der Waals surface area (Å²) in [6, 6.07) is 2.43. The molecule has 1 atom stereocenters. The van der Waals surface area contributed by atoms with Crippen molar-refractivity contribution in [1.29, 1.82) is 0 Å². The van der Waals surface area contributed by atoms with E-state index in [0.29, 0.717) is 10.8 Å². The lowest BCUT2D eigenvalue weighted by atomic mass is 10.0. The van der Waals surface area contributed by atoms with Crippen LogP contribution in [0.3, 0.4) is 0 Å². The Morgan fingerprint density at radius 3 is 2.48 bits per heavy atom. The summed E-state index contributed by atoms with van der Waals surface area (Å²) in [6.45, 7) is 0. The Labute approximate surface area is 153 Å². The van der Waals surface area contributed by atoms with Crippen LogP contribution in [0.4, 0.5) is 13.2 Å². The molecule has 2 heterocycles. The van der Waals surface area contributed by atoms with Crippen LogP contribution in [-0.4, -0.2) is 23.4 Å². The maximum atomic E-state index is 13.1. The van der Waals surface area contributed by atoms with Crippen molar-refractivity contribution in [3.63, 3.8) is 0 Å². The number of hydrogen-bond acceptors (Lipinski definition) is 4. The molecule has 0 fully saturated rings. The average Bonchev–Trinajstić information content (AvgIpc) is 2.91. The van der Waals surface area contributed by atoms with Gasteiger partial charge >= 0.3 is 12.1 Å². The minimum Gasteiger partial charge on any atom is -0.478 e. The van der Waals surface area contributed by atoms with E-state index in [0.717, 1.165) is 6.08 Å². The number of alkyl halides is 3. The lowest BCUT2D eigenvalue weighted by molar-refractivity contribution is -0.187. The molecule has 10 heteroatoms. The fourth-order valence-electron chi connectivity index (χ4n) is 2.16. The Bertz CT molecular complexity index is 876. The lowest BCUT2D eigenvalue weighted by Gasteiger charge is -2.27. The van der Waals surface area contributed by atoms with Gasteiger partial charge in [0.1, 0.15) is 11.5 Å². The third kappa shape index (κ3) is 3.56. The zero-order chi connectivity index (χ0) is 18.4. The number of halogens is 5. The fourth-order valence-corrected chi connectivity index (χ4v) is 3.28. The van der Waals surface area contributed by atoms with Crippen LogP contribution in [0, 0.1) is 0 Å². The van der Waals surface area contributed by atoms with Gasteiger partial charge in [-0.15, -0.1) is 11.3 Å². The highest BCUT2D eigenvalue weighted by Crippen LogP contribution is 2.43. The third-order valence-electron chi connectivity index (χ3n) is 3.25. The summed E-state index contributed by atoms with van der Waals surface area (Å²) in [5.41, 5.74) is -0.822. The molecule has 1 N–H and O–H groups in total. The summed E-state index contributed by atoms with van der Waals surface area (Å²) >= 11 is 13.2. The molecule has 0 bridgehead atoms. The SMILES string of the molecule is O=C(O)C1=Cc2cc(Cl)c(Oc3cscc3Cl)cc2OC1C(F)(F)F. The van der Waals surface area contributed by atoms with Crippen LogP contribution < -0.4 is 9.47 Å². The molecule has 0 spiro atoms. The molecule has 0 aliphatic carbocycles. The van der Waals surface area contributed by atoms with E-state index < -0.39 is 23.8 Å². The summed E-state index contributed by atoms with van der Waals surface area (Å²) in [6.07, 6.45) is -6.59. The molecule has 1 aromatic heterocycles. The molecule has 132 valence electrons. The van der Waals surface area contributed by atoms with Gasteiger partial charge in [-0.25, -0.2) is 4.79 Å². The Morgan fingerprint density at radius 2 is 1.92 bits per heavy atom. The Kier molecular flexibility index (Phi) is 4.61. The fraction of sp³-hybridized carbons (Fsp3) is 0.133. The quantitative estimate of drug-likeness (QED) is 0.711. The van der Waals surface area contributed by atoms with Gasteiger partial charge in [0, 0.05) is 22.4 Å². The minimum atomic E-state index is -4.89. The normalized spacial score (nSPS) is 16.7. The molecule has 4 nitrogen and oxygen atoms in total. The van der Waals surface area contributed by atoms with E-state index in [1.807, 2.05) is 0 Å². The Hall–Kier alpha value is -1.90. The zero-order valence-corrected chi connectivity index (χ0v) is 14.3. The molecule has 0 saturated heterocycles. The standard InChI is InChI=1S/C15H7Cl2F3O4S/c16-8-2-6-1-7(14(21)22)13(15(18,19)20)24-10(6)3-11(8)23-12-5-25-4-9(12)17/h1-5,13H,(H,21,22). The highest BCUT2D eigenvalue weighted by atomic mass is 35.5. The summed E-state index contributed by atoms with van der Waals surface area (Å²) in [5, 5.41) is 12.6. The number of carbonyl (C=O) groups is 1. The zero-order valence-electron chi connectivity index (χ0n) is 11.9. The number of carboxylic acid groups (broad SMARTS) is 1. The van der Waals surface area contributed by atoms with Gasteiger partial charge in [0.25, 0.3) is 0 Å². The predicted molar refractivity (Wildman–Crippen MR) is 86.9 cm³/mol. The van der Waals surface area contributed by atoms with Gasteiger partial charge in [-0.3, -0.25) is 0 Å². The van der Waals surface area contributed by atoms with E-state index in [-0.39, 0.29) is 22.1 Å². The second kappa shape index (κ2) is 6.44. The molecule has 0 amide bonds. The summed E-state index contributed by atoms with van der Waals surface area (Å²) in [7, 11) is 0. The van der Waals surface area contributed by atoms with Crippen molar-refractivity contribution in [2.24, 2.45) is 0 Å². The predicted octanol–water partition coefficient (Wildman–Crippen LogP) is 5.64. The summed E-state index contributed by atoms with van der Waals surface area (Å²) in [4.78, 5) is 11.1. The van der Waals surface area contributed by atoms with E-state index in [1.54, 1.807) is 10.8 Å². The first-order chi connectivity index (χ1) is 11.7. The Morgan fingerprint density at radius 1 is 1.20 bits per heavy atom. The van der Waals surface area contributed by atoms with Crippen LogP contribution in [0.1, 0.15) is 5.56 Å². The molecule has 0 saturated carbocycles.